The summed E-state index contributed by atoms with van der Waals surface area (Å²) in [6, 6.07) is 15.4. The number of rotatable bonds is 6. The van der Waals surface area contributed by atoms with E-state index in [2.05, 4.69) is 29.2 Å². The van der Waals surface area contributed by atoms with E-state index in [1.807, 2.05) is 31.1 Å². The van der Waals surface area contributed by atoms with E-state index in [4.69, 9.17) is 16.3 Å². The normalized spacial score (nSPS) is 16.5. The van der Waals surface area contributed by atoms with E-state index in [-0.39, 0.29) is 12.0 Å². The van der Waals surface area contributed by atoms with Gasteiger partial charge in [-0.3, -0.25) is 4.79 Å². The van der Waals surface area contributed by atoms with Gasteiger partial charge in [0, 0.05) is 50.1 Å². The number of halogens is 1. The summed E-state index contributed by atoms with van der Waals surface area (Å²) >= 11 is 6.07. The molecule has 0 radical (unpaired) electrons. The molecule has 4 nitrogen and oxygen atoms in total. The molecule has 5 heteroatoms. The summed E-state index contributed by atoms with van der Waals surface area (Å²) in [5.41, 5.74) is 2.85. The van der Waals surface area contributed by atoms with Crippen LogP contribution in [0.2, 0.25) is 5.02 Å². The summed E-state index contributed by atoms with van der Waals surface area (Å²) in [5.74, 6) is -0.0142. The molecule has 1 amide bonds. The summed E-state index contributed by atoms with van der Waals surface area (Å²) in [5, 5.41) is 0.572. The second kappa shape index (κ2) is 8.56. The van der Waals surface area contributed by atoms with Gasteiger partial charge in [-0.05, 0) is 48.7 Å². The Kier molecular flexibility index (Phi) is 6.17. The summed E-state index contributed by atoms with van der Waals surface area (Å²) < 4.78 is 5.75. The molecule has 26 heavy (non-hydrogen) atoms. The highest BCUT2D eigenvalue weighted by molar-refractivity contribution is 6.30. The smallest absolute Gasteiger partial charge is 0.254 e. The SMILES string of the molecule is CN(C)c1ccc(CN(C[C@@H]2CCCO2)C(=O)c2cccc(Cl)c2)cc1. The standard InChI is InChI=1S/C21H25ClN2O2/c1-23(2)19-10-8-16(9-11-19)14-24(15-20-7-4-12-26-20)21(25)17-5-3-6-18(22)13-17/h3,5-6,8-11,13,20H,4,7,12,14-15H2,1-2H3/t20-/m0/s1. The van der Waals surface area contributed by atoms with E-state index < -0.39 is 0 Å². The predicted molar refractivity (Wildman–Crippen MR) is 106 cm³/mol. The third-order valence-electron chi connectivity index (χ3n) is 4.63. The van der Waals surface area contributed by atoms with Crippen LogP contribution in [-0.2, 0) is 11.3 Å². The Labute approximate surface area is 160 Å². The maximum Gasteiger partial charge on any atom is 0.254 e. The topological polar surface area (TPSA) is 32.8 Å². The van der Waals surface area contributed by atoms with Crippen molar-refractivity contribution >= 4 is 23.2 Å². The number of carbonyl (C=O) groups is 1. The van der Waals surface area contributed by atoms with Gasteiger partial charge in [-0.2, -0.15) is 0 Å². The maximum atomic E-state index is 13.1. The lowest BCUT2D eigenvalue weighted by molar-refractivity contribution is 0.0507. The Morgan fingerprint density at radius 2 is 1.96 bits per heavy atom. The second-order valence-electron chi connectivity index (χ2n) is 6.89. The van der Waals surface area contributed by atoms with Gasteiger partial charge in [0.2, 0.25) is 0 Å². The first-order valence-electron chi connectivity index (χ1n) is 8.95. The van der Waals surface area contributed by atoms with Crippen LogP contribution in [0.5, 0.6) is 0 Å². The van der Waals surface area contributed by atoms with E-state index in [1.54, 1.807) is 12.1 Å². The molecule has 1 saturated heterocycles. The monoisotopic (exact) mass is 372 g/mol. The molecule has 1 fully saturated rings. The fourth-order valence-corrected chi connectivity index (χ4v) is 3.37. The van der Waals surface area contributed by atoms with E-state index in [9.17, 15) is 4.79 Å². The quantitative estimate of drug-likeness (QED) is 0.760. The van der Waals surface area contributed by atoms with E-state index in [0.29, 0.717) is 23.7 Å². The first-order chi connectivity index (χ1) is 12.5. The molecule has 0 saturated carbocycles. The molecule has 0 aromatic heterocycles. The molecule has 1 atom stereocenters. The minimum atomic E-state index is -0.0142. The molecular formula is C21H25ClN2O2. The van der Waals surface area contributed by atoms with Gasteiger partial charge >= 0.3 is 0 Å². The van der Waals surface area contributed by atoms with Gasteiger partial charge in [-0.15, -0.1) is 0 Å². The van der Waals surface area contributed by atoms with Gasteiger partial charge in [0.15, 0.2) is 0 Å². The van der Waals surface area contributed by atoms with Crippen molar-refractivity contribution in [2.24, 2.45) is 0 Å². The van der Waals surface area contributed by atoms with Crippen molar-refractivity contribution in [2.75, 3.05) is 32.1 Å². The summed E-state index contributed by atoms with van der Waals surface area (Å²) in [7, 11) is 4.03. The molecule has 0 spiro atoms. The molecule has 0 bridgehead atoms. The van der Waals surface area contributed by atoms with E-state index >= 15 is 0 Å². The number of nitrogens with zero attached hydrogens (tertiary/aromatic N) is 2. The molecule has 138 valence electrons. The Balaban J connectivity index is 1.79. The number of carbonyl (C=O) groups excluding carboxylic acids is 1. The van der Waals surface area contributed by atoms with Gasteiger partial charge in [-0.25, -0.2) is 0 Å². The predicted octanol–water partition coefficient (Wildman–Crippen LogP) is 4.23. The zero-order valence-corrected chi connectivity index (χ0v) is 16.1. The number of hydrogen-bond acceptors (Lipinski definition) is 3. The fourth-order valence-electron chi connectivity index (χ4n) is 3.18. The molecule has 0 aliphatic carbocycles. The van der Waals surface area contributed by atoms with Crippen molar-refractivity contribution < 1.29 is 9.53 Å². The van der Waals surface area contributed by atoms with Crippen LogP contribution in [0.1, 0.15) is 28.8 Å². The number of anilines is 1. The minimum Gasteiger partial charge on any atom is -0.378 e. The van der Waals surface area contributed by atoms with Crippen LogP contribution in [0.15, 0.2) is 48.5 Å². The summed E-state index contributed by atoms with van der Waals surface area (Å²) in [6.45, 7) is 1.93. The van der Waals surface area contributed by atoms with Crippen LogP contribution in [0.4, 0.5) is 5.69 Å². The van der Waals surface area contributed by atoms with Crippen molar-refractivity contribution in [2.45, 2.75) is 25.5 Å². The molecule has 1 aliphatic rings. The highest BCUT2D eigenvalue weighted by atomic mass is 35.5. The zero-order chi connectivity index (χ0) is 18.5. The Bertz CT molecular complexity index is 740. The Morgan fingerprint density at radius 1 is 1.19 bits per heavy atom. The molecule has 1 aliphatic heterocycles. The number of amides is 1. The van der Waals surface area contributed by atoms with Gasteiger partial charge in [0.1, 0.15) is 0 Å². The summed E-state index contributed by atoms with van der Waals surface area (Å²) in [4.78, 5) is 17.0. The van der Waals surface area contributed by atoms with Crippen LogP contribution in [-0.4, -0.2) is 44.2 Å². The molecule has 0 unspecified atom stereocenters. The number of hydrogen-bond donors (Lipinski definition) is 0. The third-order valence-corrected chi connectivity index (χ3v) is 4.87. The van der Waals surface area contributed by atoms with Crippen molar-refractivity contribution in [1.29, 1.82) is 0 Å². The lowest BCUT2D eigenvalue weighted by Gasteiger charge is -2.26. The van der Waals surface area contributed by atoms with Crippen molar-refractivity contribution in [3.8, 4) is 0 Å². The highest BCUT2D eigenvalue weighted by Gasteiger charge is 2.23. The second-order valence-corrected chi connectivity index (χ2v) is 7.33. The highest BCUT2D eigenvalue weighted by Crippen LogP contribution is 2.20. The lowest BCUT2D eigenvalue weighted by atomic mass is 10.1. The number of benzene rings is 2. The van der Waals surface area contributed by atoms with Crippen molar-refractivity contribution in [1.82, 2.24) is 4.90 Å². The van der Waals surface area contributed by atoms with Crippen LogP contribution >= 0.6 is 11.6 Å². The van der Waals surface area contributed by atoms with E-state index in [1.165, 1.54) is 0 Å². The van der Waals surface area contributed by atoms with Gasteiger partial charge < -0.3 is 14.5 Å². The van der Waals surface area contributed by atoms with Gasteiger partial charge in [0.05, 0.1) is 6.10 Å². The first-order valence-corrected chi connectivity index (χ1v) is 9.33. The van der Waals surface area contributed by atoms with Gasteiger partial charge in [-0.1, -0.05) is 29.8 Å². The zero-order valence-electron chi connectivity index (χ0n) is 15.3. The van der Waals surface area contributed by atoms with Crippen molar-refractivity contribution in [3.63, 3.8) is 0 Å². The van der Waals surface area contributed by atoms with Crippen LogP contribution < -0.4 is 4.90 Å². The lowest BCUT2D eigenvalue weighted by Crippen LogP contribution is -2.37. The molecule has 0 N–H and O–H groups in total. The first kappa shape index (κ1) is 18.7. The average molecular weight is 373 g/mol. The van der Waals surface area contributed by atoms with Crippen LogP contribution in [0, 0.1) is 0 Å². The van der Waals surface area contributed by atoms with Crippen LogP contribution in [0.25, 0.3) is 0 Å². The van der Waals surface area contributed by atoms with E-state index in [0.717, 1.165) is 30.7 Å². The van der Waals surface area contributed by atoms with Crippen LogP contribution in [0.3, 0.4) is 0 Å². The molecule has 2 aromatic carbocycles. The maximum absolute atomic E-state index is 13.1. The largest absolute Gasteiger partial charge is 0.378 e. The Hall–Kier alpha value is -2.04. The molecule has 2 aromatic rings. The third kappa shape index (κ3) is 4.77. The fraction of sp³-hybridized carbons (Fsp3) is 0.381. The minimum absolute atomic E-state index is 0.0142. The number of ether oxygens (including phenoxy) is 1. The molecular weight excluding hydrogens is 348 g/mol. The summed E-state index contributed by atoms with van der Waals surface area (Å²) in [6.07, 6.45) is 2.17. The Morgan fingerprint density at radius 3 is 2.58 bits per heavy atom. The molecule has 1 heterocycles. The van der Waals surface area contributed by atoms with Gasteiger partial charge in [0.25, 0.3) is 5.91 Å². The molecule has 3 rings (SSSR count). The van der Waals surface area contributed by atoms with Crippen molar-refractivity contribution in [3.05, 3.63) is 64.7 Å². The average Bonchev–Trinajstić information content (AvgIpc) is 3.14.